The van der Waals surface area contributed by atoms with Crippen LogP contribution in [0.4, 0.5) is 0 Å². The Bertz CT molecular complexity index is 589. The van der Waals surface area contributed by atoms with Crippen molar-refractivity contribution >= 4 is 35.0 Å². The van der Waals surface area contributed by atoms with E-state index in [1.165, 1.54) is 0 Å². The molecular formula is C14H14Cl2N2O2. The van der Waals surface area contributed by atoms with Gasteiger partial charge in [-0.05, 0) is 36.1 Å². The monoisotopic (exact) mass is 312 g/mol. The summed E-state index contributed by atoms with van der Waals surface area (Å²) in [6.45, 7) is 1.12. The lowest BCUT2D eigenvalue weighted by molar-refractivity contribution is -0.135. The molecule has 2 aliphatic rings. The fraction of sp³-hybridized carbons (Fsp3) is 0.429. The molecule has 0 saturated carbocycles. The van der Waals surface area contributed by atoms with Crippen molar-refractivity contribution in [3.63, 3.8) is 0 Å². The molecule has 1 N–H and O–H groups in total. The highest BCUT2D eigenvalue weighted by Gasteiger charge is 2.32. The number of amides is 2. The number of carbonyl (C=O) groups is 2. The average Bonchev–Trinajstić information content (AvgIpc) is 2.84. The van der Waals surface area contributed by atoms with Crippen LogP contribution in [0.15, 0.2) is 12.1 Å². The van der Waals surface area contributed by atoms with E-state index in [-0.39, 0.29) is 17.9 Å². The highest BCUT2D eigenvalue weighted by molar-refractivity contribution is 6.35. The molecule has 0 radical (unpaired) electrons. The van der Waals surface area contributed by atoms with Crippen molar-refractivity contribution in [2.75, 3.05) is 6.54 Å². The number of hydrogen-bond acceptors (Lipinski definition) is 2. The fourth-order valence-electron chi connectivity index (χ4n) is 2.79. The Kier molecular flexibility index (Phi) is 3.61. The topological polar surface area (TPSA) is 49.4 Å². The Morgan fingerprint density at radius 1 is 1.30 bits per heavy atom. The van der Waals surface area contributed by atoms with Crippen molar-refractivity contribution in [3.8, 4) is 0 Å². The fourth-order valence-corrected chi connectivity index (χ4v) is 3.39. The normalized spacial score (nSPS) is 21.6. The molecule has 1 atom stereocenters. The number of fused-ring (bicyclic) bond motifs is 1. The molecule has 2 amide bonds. The van der Waals surface area contributed by atoms with Crippen LogP contribution in [0.5, 0.6) is 0 Å². The first-order chi connectivity index (χ1) is 9.54. The van der Waals surface area contributed by atoms with Gasteiger partial charge in [0.1, 0.15) is 6.04 Å². The van der Waals surface area contributed by atoms with Gasteiger partial charge in [0.2, 0.25) is 11.8 Å². The van der Waals surface area contributed by atoms with Gasteiger partial charge in [-0.25, -0.2) is 0 Å². The van der Waals surface area contributed by atoms with Crippen LogP contribution >= 0.6 is 23.2 Å². The molecule has 6 heteroatoms. The summed E-state index contributed by atoms with van der Waals surface area (Å²) in [6.07, 6.45) is 1.74. The molecule has 1 fully saturated rings. The van der Waals surface area contributed by atoms with Crippen molar-refractivity contribution in [2.45, 2.75) is 31.8 Å². The van der Waals surface area contributed by atoms with Gasteiger partial charge in [-0.15, -0.1) is 0 Å². The number of rotatable bonds is 1. The first-order valence-electron chi connectivity index (χ1n) is 6.59. The second-order valence-corrected chi connectivity index (χ2v) is 6.04. The van der Waals surface area contributed by atoms with E-state index in [9.17, 15) is 9.59 Å². The molecule has 1 aromatic carbocycles. The zero-order valence-electron chi connectivity index (χ0n) is 10.8. The lowest BCUT2D eigenvalue weighted by Gasteiger charge is -2.31. The van der Waals surface area contributed by atoms with Gasteiger partial charge in [0.15, 0.2) is 0 Å². The number of hydrogen-bond donors (Lipinski definition) is 1. The van der Waals surface area contributed by atoms with Gasteiger partial charge in [0.05, 0.1) is 0 Å². The maximum Gasteiger partial charge on any atom is 0.245 e. The highest BCUT2D eigenvalue weighted by atomic mass is 35.5. The van der Waals surface area contributed by atoms with Crippen LogP contribution in [0.3, 0.4) is 0 Å². The molecule has 106 valence electrons. The predicted octanol–water partition coefficient (Wildman–Crippen LogP) is 2.16. The first-order valence-corrected chi connectivity index (χ1v) is 7.35. The van der Waals surface area contributed by atoms with E-state index in [1.807, 2.05) is 6.07 Å². The van der Waals surface area contributed by atoms with Crippen LogP contribution in [-0.4, -0.2) is 29.3 Å². The van der Waals surface area contributed by atoms with Crippen LogP contribution in [0.2, 0.25) is 10.0 Å². The SMILES string of the molecule is O=C1CCC(C(=O)N2CCc3cc(Cl)cc(Cl)c3C2)N1. The van der Waals surface area contributed by atoms with Crippen LogP contribution in [0.1, 0.15) is 24.0 Å². The average molecular weight is 313 g/mol. The molecule has 20 heavy (non-hydrogen) atoms. The molecule has 1 saturated heterocycles. The second-order valence-electron chi connectivity index (χ2n) is 5.19. The van der Waals surface area contributed by atoms with Crippen LogP contribution < -0.4 is 5.32 Å². The largest absolute Gasteiger partial charge is 0.344 e. The zero-order valence-corrected chi connectivity index (χ0v) is 12.3. The quantitative estimate of drug-likeness (QED) is 0.864. The molecule has 0 spiro atoms. The minimum Gasteiger partial charge on any atom is -0.344 e. The third-order valence-electron chi connectivity index (χ3n) is 3.86. The maximum atomic E-state index is 12.4. The van der Waals surface area contributed by atoms with Crippen LogP contribution in [0.25, 0.3) is 0 Å². The summed E-state index contributed by atoms with van der Waals surface area (Å²) >= 11 is 12.2. The molecule has 0 aromatic heterocycles. The smallest absolute Gasteiger partial charge is 0.245 e. The summed E-state index contributed by atoms with van der Waals surface area (Å²) in [6, 6.07) is 3.23. The molecule has 0 aliphatic carbocycles. The standard InChI is InChI=1S/C14H14Cl2N2O2/c15-9-5-8-3-4-18(7-10(8)11(16)6-9)14(20)12-1-2-13(19)17-12/h5-6,12H,1-4,7H2,(H,17,19). The van der Waals surface area contributed by atoms with Crippen LogP contribution in [0, 0.1) is 0 Å². The Morgan fingerprint density at radius 2 is 2.10 bits per heavy atom. The number of halogens is 2. The lowest BCUT2D eigenvalue weighted by atomic mass is 9.99. The highest BCUT2D eigenvalue weighted by Crippen LogP contribution is 2.30. The minimum atomic E-state index is -0.380. The molecule has 1 unspecified atom stereocenters. The summed E-state index contributed by atoms with van der Waals surface area (Å²) < 4.78 is 0. The van der Waals surface area contributed by atoms with Gasteiger partial charge >= 0.3 is 0 Å². The van der Waals surface area contributed by atoms with E-state index in [4.69, 9.17) is 23.2 Å². The molecule has 2 aliphatic heterocycles. The van der Waals surface area contributed by atoms with Gasteiger partial charge < -0.3 is 10.2 Å². The van der Waals surface area contributed by atoms with Gasteiger partial charge in [-0.2, -0.15) is 0 Å². The van der Waals surface area contributed by atoms with Crippen molar-refractivity contribution in [1.82, 2.24) is 10.2 Å². The number of nitrogens with zero attached hydrogens (tertiary/aromatic N) is 1. The van der Waals surface area contributed by atoms with Crippen molar-refractivity contribution in [1.29, 1.82) is 0 Å². The molecule has 4 nitrogen and oxygen atoms in total. The summed E-state index contributed by atoms with van der Waals surface area (Å²) in [5.74, 6) is -0.0712. The van der Waals surface area contributed by atoms with Gasteiger partial charge in [-0.1, -0.05) is 23.2 Å². The van der Waals surface area contributed by atoms with Gasteiger partial charge in [0, 0.05) is 29.6 Å². The van der Waals surface area contributed by atoms with Crippen molar-refractivity contribution in [3.05, 3.63) is 33.3 Å². The summed E-state index contributed by atoms with van der Waals surface area (Å²) in [7, 11) is 0. The molecule has 3 rings (SSSR count). The summed E-state index contributed by atoms with van der Waals surface area (Å²) in [5.41, 5.74) is 2.06. The molecular weight excluding hydrogens is 299 g/mol. The van der Waals surface area contributed by atoms with Crippen LogP contribution in [-0.2, 0) is 22.6 Å². The summed E-state index contributed by atoms with van der Waals surface area (Å²) in [4.78, 5) is 25.4. The number of benzene rings is 1. The predicted molar refractivity (Wildman–Crippen MR) is 76.7 cm³/mol. The van der Waals surface area contributed by atoms with E-state index in [2.05, 4.69) is 5.32 Å². The third kappa shape index (κ3) is 2.50. The molecule has 1 aromatic rings. The van der Waals surface area contributed by atoms with E-state index in [0.29, 0.717) is 36.0 Å². The zero-order chi connectivity index (χ0) is 14.3. The van der Waals surface area contributed by atoms with Crippen molar-refractivity contribution < 1.29 is 9.59 Å². The Balaban J connectivity index is 1.78. The molecule has 2 heterocycles. The van der Waals surface area contributed by atoms with E-state index < -0.39 is 0 Å². The summed E-state index contributed by atoms with van der Waals surface area (Å²) in [5, 5.41) is 3.93. The van der Waals surface area contributed by atoms with Gasteiger partial charge in [0.25, 0.3) is 0 Å². The van der Waals surface area contributed by atoms with E-state index >= 15 is 0 Å². The van der Waals surface area contributed by atoms with Gasteiger partial charge in [-0.3, -0.25) is 9.59 Å². The number of carbonyl (C=O) groups excluding carboxylic acids is 2. The Hall–Kier alpha value is -1.26. The third-order valence-corrected chi connectivity index (χ3v) is 4.41. The number of nitrogens with one attached hydrogen (secondary N) is 1. The Morgan fingerprint density at radius 3 is 2.80 bits per heavy atom. The minimum absolute atomic E-state index is 0.0208. The lowest BCUT2D eigenvalue weighted by Crippen LogP contribution is -2.46. The maximum absolute atomic E-state index is 12.4. The molecule has 0 bridgehead atoms. The van der Waals surface area contributed by atoms with E-state index in [0.717, 1.165) is 17.5 Å². The van der Waals surface area contributed by atoms with Crippen molar-refractivity contribution in [2.24, 2.45) is 0 Å². The second kappa shape index (κ2) is 5.26. The van der Waals surface area contributed by atoms with E-state index in [1.54, 1.807) is 11.0 Å². The Labute approximate surface area is 127 Å². The first kappa shape index (κ1) is 13.7.